The maximum atomic E-state index is 5.95. The van der Waals surface area contributed by atoms with E-state index in [4.69, 9.17) is 10.5 Å². The molecule has 3 aromatic rings. The van der Waals surface area contributed by atoms with Crippen molar-refractivity contribution in [2.45, 2.75) is 26.8 Å². The Labute approximate surface area is 187 Å². The summed E-state index contributed by atoms with van der Waals surface area (Å²) < 4.78 is 5.86. The number of hydrogen-bond acceptors (Lipinski definition) is 4. The van der Waals surface area contributed by atoms with Gasteiger partial charge in [-0.1, -0.05) is 12.1 Å². The summed E-state index contributed by atoms with van der Waals surface area (Å²) in [6.07, 6.45) is 2.67. The van der Waals surface area contributed by atoms with E-state index >= 15 is 0 Å². The van der Waals surface area contributed by atoms with Crippen molar-refractivity contribution in [3.05, 3.63) is 75.6 Å². The van der Waals surface area contributed by atoms with Crippen LogP contribution in [0.25, 0.3) is 0 Å². The fourth-order valence-electron chi connectivity index (χ4n) is 2.50. The lowest BCUT2D eigenvalue weighted by Gasteiger charge is -2.08. The van der Waals surface area contributed by atoms with E-state index in [0.717, 1.165) is 24.3 Å². The topological polar surface area (TPSA) is 72.5 Å². The fraction of sp³-hybridized carbons (Fsp3) is 0.238. The van der Waals surface area contributed by atoms with E-state index in [9.17, 15) is 0 Å². The van der Waals surface area contributed by atoms with Crippen LogP contribution in [0, 0.1) is 13.8 Å². The van der Waals surface area contributed by atoms with E-state index in [0.29, 0.717) is 18.4 Å². The SMILES string of the molecule is Cc1ccc(Oc2cc(CN=C(N)NCCc3cccs3)ccn2)cc1C.I. The first kappa shape index (κ1) is 22.2. The molecule has 0 atom stereocenters. The molecule has 1 aromatic carbocycles. The Kier molecular flexibility index (Phi) is 8.72. The highest BCUT2D eigenvalue weighted by Crippen LogP contribution is 2.22. The lowest BCUT2D eigenvalue weighted by atomic mass is 10.1. The van der Waals surface area contributed by atoms with Crippen molar-refractivity contribution in [2.24, 2.45) is 10.7 Å². The van der Waals surface area contributed by atoms with Gasteiger partial charge in [-0.3, -0.25) is 0 Å². The number of nitrogens with one attached hydrogen (secondary N) is 1. The number of pyridine rings is 1. The number of hydrogen-bond donors (Lipinski definition) is 2. The third-order valence-corrected chi connectivity index (χ3v) is 5.13. The van der Waals surface area contributed by atoms with E-state index in [1.165, 1.54) is 16.0 Å². The second-order valence-corrected chi connectivity index (χ2v) is 7.34. The molecule has 3 rings (SSSR count). The fourth-order valence-corrected chi connectivity index (χ4v) is 3.21. The number of guanidine groups is 1. The van der Waals surface area contributed by atoms with Crippen LogP contribution in [0.5, 0.6) is 11.6 Å². The molecule has 0 unspecified atom stereocenters. The molecule has 0 fully saturated rings. The van der Waals surface area contributed by atoms with Crippen molar-refractivity contribution in [2.75, 3.05) is 6.54 Å². The molecular formula is C21H25IN4OS. The molecule has 0 bridgehead atoms. The molecule has 5 nitrogen and oxygen atoms in total. The minimum Gasteiger partial charge on any atom is -0.439 e. The molecule has 7 heteroatoms. The minimum absolute atomic E-state index is 0. The Hall–Kier alpha value is -2.13. The van der Waals surface area contributed by atoms with Crippen LogP contribution in [0.1, 0.15) is 21.6 Å². The Morgan fingerprint density at radius 3 is 2.79 bits per heavy atom. The molecule has 2 heterocycles. The highest BCUT2D eigenvalue weighted by molar-refractivity contribution is 14.0. The monoisotopic (exact) mass is 508 g/mol. The standard InChI is InChI=1S/C21H24N4OS.HI/c1-15-5-6-18(12-16(15)2)26-20-13-17(7-9-23-20)14-25-21(22)24-10-8-19-4-3-11-27-19;/h3-7,9,11-13H,8,10,14H2,1-2H3,(H3,22,24,25);1H. The first-order valence-electron chi connectivity index (χ1n) is 8.86. The summed E-state index contributed by atoms with van der Waals surface area (Å²) in [5.41, 5.74) is 9.37. The number of nitrogens with two attached hydrogens (primary N) is 1. The molecule has 0 aliphatic heterocycles. The van der Waals surface area contributed by atoms with Gasteiger partial charge < -0.3 is 15.8 Å². The molecule has 0 aliphatic carbocycles. The first-order valence-corrected chi connectivity index (χ1v) is 9.74. The molecule has 0 radical (unpaired) electrons. The van der Waals surface area contributed by atoms with Gasteiger partial charge in [0, 0.05) is 23.7 Å². The number of aromatic nitrogens is 1. The van der Waals surface area contributed by atoms with Crippen LogP contribution in [0.2, 0.25) is 0 Å². The largest absolute Gasteiger partial charge is 0.439 e. The zero-order chi connectivity index (χ0) is 19.1. The molecule has 0 saturated carbocycles. The van der Waals surface area contributed by atoms with Crippen molar-refractivity contribution < 1.29 is 4.74 Å². The minimum atomic E-state index is 0. The van der Waals surface area contributed by atoms with Gasteiger partial charge in [-0.15, -0.1) is 35.3 Å². The zero-order valence-corrected chi connectivity index (χ0v) is 19.2. The van der Waals surface area contributed by atoms with Gasteiger partial charge in [0.15, 0.2) is 5.96 Å². The summed E-state index contributed by atoms with van der Waals surface area (Å²) in [5, 5.41) is 5.22. The molecule has 2 aromatic heterocycles. The van der Waals surface area contributed by atoms with Gasteiger partial charge in [0.25, 0.3) is 0 Å². The molecule has 0 aliphatic rings. The van der Waals surface area contributed by atoms with E-state index in [2.05, 4.69) is 46.7 Å². The Bertz CT molecular complexity index is 913. The van der Waals surface area contributed by atoms with Gasteiger partial charge in [-0.25, -0.2) is 9.98 Å². The molecular weight excluding hydrogens is 483 g/mol. The van der Waals surface area contributed by atoms with Gasteiger partial charge in [0.1, 0.15) is 5.75 Å². The number of thiophene rings is 1. The van der Waals surface area contributed by atoms with Crippen molar-refractivity contribution in [3.63, 3.8) is 0 Å². The Morgan fingerprint density at radius 2 is 2.04 bits per heavy atom. The van der Waals surface area contributed by atoms with Crippen molar-refractivity contribution in [1.82, 2.24) is 10.3 Å². The summed E-state index contributed by atoms with van der Waals surface area (Å²) in [4.78, 5) is 10.00. The number of benzene rings is 1. The number of rotatable bonds is 7. The van der Waals surface area contributed by atoms with Crippen LogP contribution in [0.15, 0.2) is 59.0 Å². The van der Waals surface area contributed by atoms with Gasteiger partial charge in [-0.05, 0) is 66.6 Å². The average Bonchev–Trinajstić information content (AvgIpc) is 3.17. The van der Waals surface area contributed by atoms with E-state index < -0.39 is 0 Å². The molecule has 148 valence electrons. The number of ether oxygens (including phenoxy) is 1. The number of halogens is 1. The summed E-state index contributed by atoms with van der Waals surface area (Å²) >= 11 is 1.75. The van der Waals surface area contributed by atoms with E-state index in [1.807, 2.05) is 30.3 Å². The van der Waals surface area contributed by atoms with Crippen LogP contribution >= 0.6 is 35.3 Å². The Balaban J connectivity index is 0.00000280. The third kappa shape index (κ3) is 6.79. The molecule has 0 amide bonds. The summed E-state index contributed by atoms with van der Waals surface area (Å²) in [5.74, 6) is 1.77. The predicted octanol–water partition coefficient (Wildman–Crippen LogP) is 4.82. The number of aryl methyl sites for hydroxylation is 2. The summed E-state index contributed by atoms with van der Waals surface area (Å²) in [6.45, 7) is 5.39. The van der Waals surface area contributed by atoms with Crippen LogP contribution in [0.3, 0.4) is 0 Å². The van der Waals surface area contributed by atoms with Crippen molar-refractivity contribution >= 4 is 41.3 Å². The Morgan fingerprint density at radius 1 is 1.18 bits per heavy atom. The van der Waals surface area contributed by atoms with E-state index in [1.54, 1.807) is 17.5 Å². The van der Waals surface area contributed by atoms with Crippen LogP contribution < -0.4 is 15.8 Å². The maximum Gasteiger partial charge on any atom is 0.219 e. The maximum absolute atomic E-state index is 5.95. The highest BCUT2D eigenvalue weighted by atomic mass is 127. The van der Waals surface area contributed by atoms with Crippen LogP contribution in [0.4, 0.5) is 0 Å². The second kappa shape index (κ2) is 11.0. The zero-order valence-electron chi connectivity index (χ0n) is 16.0. The van der Waals surface area contributed by atoms with Gasteiger partial charge in [0.2, 0.25) is 5.88 Å². The first-order chi connectivity index (χ1) is 13.1. The molecule has 0 spiro atoms. The third-order valence-electron chi connectivity index (χ3n) is 4.19. The van der Waals surface area contributed by atoms with Gasteiger partial charge in [0.05, 0.1) is 6.54 Å². The molecule has 3 N–H and O–H groups in total. The normalized spacial score (nSPS) is 11.0. The molecule has 28 heavy (non-hydrogen) atoms. The number of aliphatic imine (C=N–C) groups is 1. The van der Waals surface area contributed by atoms with Crippen LogP contribution in [-0.2, 0) is 13.0 Å². The molecule has 0 saturated heterocycles. The lowest BCUT2D eigenvalue weighted by Crippen LogP contribution is -2.33. The van der Waals surface area contributed by atoms with Crippen molar-refractivity contribution in [1.29, 1.82) is 0 Å². The predicted molar refractivity (Wildman–Crippen MR) is 127 cm³/mol. The smallest absolute Gasteiger partial charge is 0.219 e. The van der Waals surface area contributed by atoms with Gasteiger partial charge in [-0.2, -0.15) is 0 Å². The quantitative estimate of drug-likeness (QED) is 0.273. The van der Waals surface area contributed by atoms with Crippen LogP contribution in [-0.4, -0.2) is 17.5 Å². The second-order valence-electron chi connectivity index (χ2n) is 6.31. The van der Waals surface area contributed by atoms with Crippen molar-refractivity contribution in [3.8, 4) is 11.6 Å². The van der Waals surface area contributed by atoms with Gasteiger partial charge >= 0.3 is 0 Å². The highest BCUT2D eigenvalue weighted by Gasteiger charge is 2.03. The lowest BCUT2D eigenvalue weighted by molar-refractivity contribution is 0.461. The average molecular weight is 508 g/mol. The summed E-state index contributed by atoms with van der Waals surface area (Å²) in [7, 11) is 0. The number of nitrogens with zero attached hydrogens (tertiary/aromatic N) is 2. The van der Waals surface area contributed by atoms with E-state index in [-0.39, 0.29) is 24.0 Å². The summed E-state index contributed by atoms with van der Waals surface area (Å²) in [6, 6.07) is 14.0.